The van der Waals surface area contributed by atoms with Gasteiger partial charge in [0.15, 0.2) is 12.3 Å². The summed E-state index contributed by atoms with van der Waals surface area (Å²) in [5.74, 6) is -0.477. The predicted octanol–water partition coefficient (Wildman–Crippen LogP) is 2.65. The summed E-state index contributed by atoms with van der Waals surface area (Å²) in [5.41, 5.74) is 0.656. The topological polar surface area (TPSA) is 159 Å². The van der Waals surface area contributed by atoms with Crippen LogP contribution in [-0.2, 0) is 4.79 Å². The van der Waals surface area contributed by atoms with Gasteiger partial charge in [-0.1, -0.05) is 12.1 Å². The number of nitrogens with one attached hydrogen (secondary N) is 1. The van der Waals surface area contributed by atoms with E-state index in [0.29, 0.717) is 12.3 Å². The number of aromatic nitrogens is 2. The molecule has 0 atom stereocenters. The van der Waals surface area contributed by atoms with Gasteiger partial charge in [-0.3, -0.25) is 9.79 Å². The first kappa shape index (κ1) is 22.6. The van der Waals surface area contributed by atoms with Crippen LogP contribution in [0.25, 0.3) is 0 Å². The van der Waals surface area contributed by atoms with Crippen LogP contribution >= 0.6 is 0 Å². The normalized spacial score (nSPS) is 14.2. The lowest BCUT2D eigenvalue weighted by Gasteiger charge is -2.20. The molecule has 0 aliphatic carbocycles. The quantitative estimate of drug-likeness (QED) is 0.530. The van der Waals surface area contributed by atoms with Crippen molar-refractivity contribution >= 4 is 23.4 Å². The Morgan fingerprint density at radius 2 is 2.03 bits per heavy atom. The van der Waals surface area contributed by atoms with Crippen LogP contribution in [0.2, 0.25) is 0 Å². The number of aromatic carboxylic acids is 1. The molecule has 3 heterocycles. The summed E-state index contributed by atoms with van der Waals surface area (Å²) in [5, 5.41) is 21.1. The Bertz CT molecular complexity index is 1460. The summed E-state index contributed by atoms with van der Waals surface area (Å²) in [4.78, 5) is 38.5. The number of carbonyl (C=O) groups is 2. The van der Waals surface area contributed by atoms with Gasteiger partial charge in [-0.15, -0.1) is 0 Å². The molecule has 2 aliphatic heterocycles. The number of amidine groups is 1. The molecule has 0 saturated carbocycles. The molecule has 0 unspecified atom stereocenters. The maximum absolute atomic E-state index is 11.9. The summed E-state index contributed by atoms with van der Waals surface area (Å²) in [7, 11) is 1.96. The van der Waals surface area contributed by atoms with Crippen molar-refractivity contribution in [3.8, 4) is 35.3 Å². The fourth-order valence-corrected chi connectivity index (χ4v) is 3.66. The molecule has 0 saturated heterocycles. The molecule has 0 spiro atoms. The molecule has 36 heavy (non-hydrogen) atoms. The number of nitrogens with zero attached hydrogens (tertiary/aromatic N) is 5. The number of hydrogen-bond donors (Lipinski definition) is 2. The predicted molar refractivity (Wildman–Crippen MR) is 125 cm³/mol. The number of benzene rings is 2. The van der Waals surface area contributed by atoms with Gasteiger partial charge in [0, 0.05) is 19.2 Å². The van der Waals surface area contributed by atoms with Crippen LogP contribution in [0.4, 0.5) is 5.69 Å². The van der Waals surface area contributed by atoms with Crippen molar-refractivity contribution in [2.75, 3.05) is 32.1 Å². The minimum absolute atomic E-state index is 0.0257. The first-order valence-corrected chi connectivity index (χ1v) is 10.7. The lowest BCUT2D eigenvalue weighted by molar-refractivity contribution is -0.118. The first-order valence-electron chi connectivity index (χ1n) is 10.7. The van der Waals surface area contributed by atoms with Crippen LogP contribution in [0.15, 0.2) is 47.5 Å². The summed E-state index contributed by atoms with van der Waals surface area (Å²) in [6.45, 7) is 1.29. The van der Waals surface area contributed by atoms with E-state index in [2.05, 4.69) is 20.3 Å². The van der Waals surface area contributed by atoms with Crippen molar-refractivity contribution in [1.29, 1.82) is 5.26 Å². The Morgan fingerprint density at radius 3 is 2.78 bits per heavy atom. The SMILES string of the molecule is CN1CCN=C1c1cccc(Oc2nc3c(c(Oc4ccc(C#N)c(C(=O)O)c4)n2)NC(=O)CO3)c1. The molecule has 3 aromatic rings. The maximum atomic E-state index is 11.9. The van der Waals surface area contributed by atoms with Crippen molar-refractivity contribution in [2.45, 2.75) is 0 Å². The molecule has 2 aliphatic rings. The van der Waals surface area contributed by atoms with Crippen LogP contribution in [0.5, 0.6) is 29.3 Å². The number of nitriles is 1. The second-order valence-corrected chi connectivity index (χ2v) is 7.81. The van der Waals surface area contributed by atoms with E-state index in [9.17, 15) is 14.7 Å². The highest BCUT2D eigenvalue weighted by molar-refractivity contribution is 6.00. The summed E-state index contributed by atoms with van der Waals surface area (Å²) >= 11 is 0. The van der Waals surface area contributed by atoms with E-state index in [0.717, 1.165) is 17.9 Å². The van der Waals surface area contributed by atoms with Gasteiger partial charge in [-0.05, 0) is 30.3 Å². The number of hydrogen-bond acceptors (Lipinski definition) is 10. The number of carbonyl (C=O) groups excluding carboxylic acids is 1. The first-order chi connectivity index (χ1) is 17.4. The lowest BCUT2D eigenvalue weighted by atomic mass is 10.1. The van der Waals surface area contributed by atoms with E-state index >= 15 is 0 Å². The van der Waals surface area contributed by atoms with Crippen LogP contribution in [0.1, 0.15) is 21.5 Å². The molecular formula is C24H18N6O6. The van der Waals surface area contributed by atoms with Gasteiger partial charge in [-0.25, -0.2) is 4.79 Å². The molecule has 1 amide bonds. The zero-order valence-corrected chi connectivity index (χ0v) is 18.9. The average Bonchev–Trinajstić information content (AvgIpc) is 3.30. The van der Waals surface area contributed by atoms with Gasteiger partial charge in [0.25, 0.3) is 11.8 Å². The number of likely N-dealkylation sites (N-methyl/N-ethyl adjacent to an activating group) is 1. The minimum atomic E-state index is -1.29. The van der Waals surface area contributed by atoms with E-state index in [4.69, 9.17) is 19.5 Å². The molecule has 12 nitrogen and oxygen atoms in total. The third-order valence-corrected chi connectivity index (χ3v) is 5.34. The molecule has 0 bridgehead atoms. The number of ether oxygens (including phenoxy) is 3. The van der Waals surface area contributed by atoms with E-state index in [1.54, 1.807) is 12.1 Å². The number of carboxylic acids is 1. The lowest BCUT2D eigenvalue weighted by Crippen LogP contribution is -2.26. The van der Waals surface area contributed by atoms with Crippen molar-refractivity contribution in [1.82, 2.24) is 14.9 Å². The van der Waals surface area contributed by atoms with Crippen molar-refractivity contribution in [2.24, 2.45) is 4.99 Å². The monoisotopic (exact) mass is 486 g/mol. The van der Waals surface area contributed by atoms with E-state index in [1.165, 1.54) is 18.2 Å². The molecular weight excluding hydrogens is 468 g/mol. The maximum Gasteiger partial charge on any atom is 0.337 e. The average molecular weight is 486 g/mol. The third kappa shape index (κ3) is 4.45. The Hall–Kier alpha value is -5.18. The molecule has 12 heteroatoms. The van der Waals surface area contributed by atoms with Gasteiger partial charge in [0.05, 0.1) is 17.7 Å². The number of amides is 1. The molecule has 2 aromatic carbocycles. The Balaban J connectivity index is 1.49. The van der Waals surface area contributed by atoms with Crippen molar-refractivity contribution in [3.05, 3.63) is 59.2 Å². The van der Waals surface area contributed by atoms with E-state index < -0.39 is 11.9 Å². The van der Waals surface area contributed by atoms with E-state index in [1.807, 2.05) is 30.1 Å². The minimum Gasteiger partial charge on any atom is -0.478 e. The molecule has 180 valence electrons. The Labute approximate surface area is 204 Å². The van der Waals surface area contributed by atoms with Crippen LogP contribution in [0.3, 0.4) is 0 Å². The molecule has 0 fully saturated rings. The highest BCUT2D eigenvalue weighted by atomic mass is 16.5. The molecule has 2 N–H and O–H groups in total. The third-order valence-electron chi connectivity index (χ3n) is 5.34. The summed E-state index contributed by atoms with van der Waals surface area (Å²) < 4.78 is 17.1. The molecule has 1 aromatic heterocycles. The number of carboxylic acid groups (broad SMARTS) is 1. The molecule has 5 rings (SSSR count). The van der Waals surface area contributed by atoms with Gasteiger partial charge in [0.1, 0.15) is 23.4 Å². The fraction of sp³-hybridized carbons (Fsp3) is 0.167. The standard InChI is InChI=1S/C24H18N6O6/c1-30-8-7-26-20(30)13-3-2-4-15(9-13)36-24-28-21-19(27-18(31)12-34-21)22(29-24)35-16-6-5-14(11-25)17(10-16)23(32)33/h2-6,9-10H,7-8,12H2,1H3,(H,27,31)(H,32,33). The summed E-state index contributed by atoms with van der Waals surface area (Å²) in [6.07, 6.45) is 0. The highest BCUT2D eigenvalue weighted by Gasteiger charge is 2.26. The smallest absolute Gasteiger partial charge is 0.337 e. The fourth-order valence-electron chi connectivity index (χ4n) is 3.66. The number of fused-ring (bicyclic) bond motifs is 1. The van der Waals surface area contributed by atoms with Crippen molar-refractivity contribution < 1.29 is 28.9 Å². The highest BCUT2D eigenvalue weighted by Crippen LogP contribution is 2.39. The Morgan fingerprint density at radius 1 is 1.19 bits per heavy atom. The molecule has 0 radical (unpaired) electrons. The van der Waals surface area contributed by atoms with Crippen LogP contribution in [0, 0.1) is 11.3 Å². The van der Waals surface area contributed by atoms with Gasteiger partial charge in [0.2, 0.25) is 5.88 Å². The van der Waals surface area contributed by atoms with Gasteiger partial charge >= 0.3 is 12.0 Å². The van der Waals surface area contributed by atoms with Crippen LogP contribution < -0.4 is 19.5 Å². The largest absolute Gasteiger partial charge is 0.478 e. The number of anilines is 1. The zero-order valence-electron chi connectivity index (χ0n) is 18.9. The van der Waals surface area contributed by atoms with Crippen molar-refractivity contribution in [3.63, 3.8) is 0 Å². The second-order valence-electron chi connectivity index (χ2n) is 7.81. The Kier molecular flexibility index (Phi) is 5.79. The van der Waals surface area contributed by atoms with Gasteiger partial charge < -0.3 is 29.5 Å². The summed E-state index contributed by atoms with van der Waals surface area (Å²) in [6, 6.07) is 12.9. The number of aliphatic imine (C=N–C) groups is 1. The van der Waals surface area contributed by atoms with Gasteiger partial charge in [-0.2, -0.15) is 15.2 Å². The zero-order chi connectivity index (χ0) is 25.2. The van der Waals surface area contributed by atoms with E-state index in [-0.39, 0.29) is 46.9 Å². The van der Waals surface area contributed by atoms with Crippen LogP contribution in [-0.4, -0.2) is 64.4 Å². The second kappa shape index (κ2) is 9.22. The number of rotatable bonds is 6.